The molecule has 3 rings (SSSR count). The molecular formula is C23H27N3O3. The minimum absolute atomic E-state index is 0.0513. The van der Waals surface area contributed by atoms with Crippen LogP contribution in [0.4, 0.5) is 5.69 Å². The molecule has 1 heterocycles. The summed E-state index contributed by atoms with van der Waals surface area (Å²) in [6.07, 6.45) is 0. The normalized spacial score (nSPS) is 11.1. The molecule has 0 saturated heterocycles. The van der Waals surface area contributed by atoms with Gasteiger partial charge in [0.2, 0.25) is 5.91 Å². The summed E-state index contributed by atoms with van der Waals surface area (Å²) in [6, 6.07) is 15.2. The van der Waals surface area contributed by atoms with Gasteiger partial charge in [-0.1, -0.05) is 24.3 Å². The lowest BCUT2D eigenvalue weighted by molar-refractivity contribution is -0.119. The van der Waals surface area contributed by atoms with Gasteiger partial charge < -0.3 is 19.5 Å². The van der Waals surface area contributed by atoms with E-state index in [2.05, 4.69) is 5.32 Å². The van der Waals surface area contributed by atoms with Gasteiger partial charge in [0.1, 0.15) is 5.58 Å². The van der Waals surface area contributed by atoms with Crippen LogP contribution in [0.1, 0.15) is 5.56 Å². The molecule has 152 valence electrons. The number of likely N-dealkylation sites (N-methyl/N-ethyl adjacent to an activating group) is 2. The van der Waals surface area contributed by atoms with Gasteiger partial charge in [0.05, 0.1) is 6.54 Å². The lowest BCUT2D eigenvalue weighted by atomic mass is 9.98. The van der Waals surface area contributed by atoms with Crippen molar-refractivity contribution in [1.29, 1.82) is 0 Å². The fourth-order valence-electron chi connectivity index (χ4n) is 3.27. The maximum Gasteiger partial charge on any atom is 0.336 e. The van der Waals surface area contributed by atoms with E-state index in [-0.39, 0.29) is 12.5 Å². The zero-order chi connectivity index (χ0) is 21.0. The van der Waals surface area contributed by atoms with Crippen molar-refractivity contribution < 1.29 is 9.21 Å². The predicted octanol–water partition coefficient (Wildman–Crippen LogP) is 2.88. The first-order chi connectivity index (χ1) is 13.8. The Morgan fingerprint density at radius 1 is 1.03 bits per heavy atom. The highest BCUT2D eigenvalue weighted by molar-refractivity contribution is 5.95. The monoisotopic (exact) mass is 393 g/mol. The Labute approximate surface area is 170 Å². The van der Waals surface area contributed by atoms with E-state index in [0.29, 0.717) is 12.1 Å². The van der Waals surface area contributed by atoms with Crippen LogP contribution < -0.4 is 15.8 Å². The van der Waals surface area contributed by atoms with Crippen molar-refractivity contribution in [1.82, 2.24) is 10.2 Å². The molecule has 0 atom stereocenters. The number of carbonyl (C=O) groups excluding carboxylic acids is 1. The summed E-state index contributed by atoms with van der Waals surface area (Å²) in [5.74, 6) is -0.0513. The van der Waals surface area contributed by atoms with E-state index in [1.807, 2.05) is 80.3 Å². The Hall–Kier alpha value is -3.12. The predicted molar refractivity (Wildman–Crippen MR) is 117 cm³/mol. The molecule has 0 fully saturated rings. The van der Waals surface area contributed by atoms with Crippen LogP contribution in [0.5, 0.6) is 0 Å². The van der Waals surface area contributed by atoms with E-state index in [9.17, 15) is 9.59 Å². The molecule has 1 aromatic heterocycles. The minimum atomic E-state index is -0.392. The number of fused-ring (bicyclic) bond motifs is 1. The highest BCUT2D eigenvalue weighted by Crippen LogP contribution is 2.31. The molecule has 0 spiro atoms. The van der Waals surface area contributed by atoms with E-state index in [1.54, 1.807) is 0 Å². The third-order valence-corrected chi connectivity index (χ3v) is 4.87. The van der Waals surface area contributed by atoms with E-state index in [0.717, 1.165) is 34.3 Å². The van der Waals surface area contributed by atoms with Crippen LogP contribution in [0.2, 0.25) is 0 Å². The van der Waals surface area contributed by atoms with Gasteiger partial charge >= 0.3 is 5.63 Å². The Morgan fingerprint density at radius 2 is 1.79 bits per heavy atom. The quantitative estimate of drug-likeness (QED) is 0.626. The van der Waals surface area contributed by atoms with Crippen molar-refractivity contribution >= 4 is 22.6 Å². The maximum absolute atomic E-state index is 12.2. The van der Waals surface area contributed by atoms with Crippen molar-refractivity contribution in [2.24, 2.45) is 0 Å². The molecule has 0 bridgehead atoms. The molecule has 0 aliphatic heterocycles. The number of benzene rings is 2. The van der Waals surface area contributed by atoms with Crippen molar-refractivity contribution in [3.8, 4) is 11.1 Å². The van der Waals surface area contributed by atoms with Gasteiger partial charge in [0.15, 0.2) is 0 Å². The van der Waals surface area contributed by atoms with Gasteiger partial charge in [0.25, 0.3) is 0 Å². The molecular weight excluding hydrogens is 366 g/mol. The smallest absolute Gasteiger partial charge is 0.336 e. The average molecular weight is 393 g/mol. The highest BCUT2D eigenvalue weighted by Gasteiger charge is 2.13. The second kappa shape index (κ2) is 8.92. The molecule has 1 amide bonds. The van der Waals surface area contributed by atoms with Gasteiger partial charge in [-0.2, -0.15) is 0 Å². The summed E-state index contributed by atoms with van der Waals surface area (Å²) >= 11 is 0. The molecule has 0 aliphatic carbocycles. The molecule has 3 aromatic rings. The zero-order valence-electron chi connectivity index (χ0n) is 17.4. The Kier molecular flexibility index (Phi) is 6.34. The van der Waals surface area contributed by atoms with Crippen LogP contribution in [-0.2, 0) is 4.79 Å². The summed E-state index contributed by atoms with van der Waals surface area (Å²) in [5, 5.41) is 3.77. The van der Waals surface area contributed by atoms with Crippen molar-refractivity contribution in [2.75, 3.05) is 45.7 Å². The first kappa shape index (κ1) is 20.6. The first-order valence-electron chi connectivity index (χ1n) is 9.61. The average Bonchev–Trinajstić information content (AvgIpc) is 2.67. The zero-order valence-corrected chi connectivity index (χ0v) is 17.4. The number of amides is 1. The third-order valence-electron chi connectivity index (χ3n) is 4.87. The van der Waals surface area contributed by atoms with Crippen LogP contribution in [-0.4, -0.2) is 51.6 Å². The van der Waals surface area contributed by atoms with Crippen LogP contribution in [0, 0.1) is 6.92 Å². The summed E-state index contributed by atoms with van der Waals surface area (Å²) in [4.78, 5) is 28.2. The number of hydrogen-bond acceptors (Lipinski definition) is 5. The number of nitrogens with zero attached hydrogens (tertiary/aromatic N) is 2. The number of hydrogen-bond donors (Lipinski definition) is 1. The fraction of sp³-hybridized carbons (Fsp3) is 0.304. The van der Waals surface area contributed by atoms with Gasteiger partial charge in [-0.15, -0.1) is 0 Å². The summed E-state index contributed by atoms with van der Waals surface area (Å²) in [6.45, 7) is 3.64. The molecule has 0 saturated carbocycles. The van der Waals surface area contributed by atoms with Gasteiger partial charge in [-0.05, 0) is 44.3 Å². The van der Waals surface area contributed by atoms with Gasteiger partial charge in [0, 0.05) is 48.9 Å². The van der Waals surface area contributed by atoms with Gasteiger partial charge in [-0.25, -0.2) is 4.79 Å². The number of anilines is 1. The number of carbonyl (C=O) groups is 1. The topological polar surface area (TPSA) is 65.8 Å². The highest BCUT2D eigenvalue weighted by atomic mass is 16.4. The molecule has 6 heteroatoms. The largest absolute Gasteiger partial charge is 0.423 e. The van der Waals surface area contributed by atoms with Crippen LogP contribution in [0.25, 0.3) is 22.1 Å². The number of rotatable bonds is 7. The molecule has 0 unspecified atom stereocenters. The van der Waals surface area contributed by atoms with Crippen LogP contribution >= 0.6 is 0 Å². The maximum atomic E-state index is 12.2. The molecule has 0 radical (unpaired) electrons. The van der Waals surface area contributed by atoms with E-state index in [1.165, 1.54) is 6.07 Å². The second-order valence-electron chi connectivity index (χ2n) is 7.48. The van der Waals surface area contributed by atoms with E-state index >= 15 is 0 Å². The molecule has 6 nitrogen and oxygen atoms in total. The molecule has 29 heavy (non-hydrogen) atoms. The Bertz CT molecular complexity index is 1070. The third kappa shape index (κ3) is 5.03. The standard InChI is InChI=1S/C23H27N3O3/c1-16-7-5-6-8-18(16)20-14-23(28)29-21-13-17(9-10-19(20)21)26(4)15-22(27)24-11-12-25(2)3/h5-10,13-14H,11-12,15H2,1-4H3,(H,24,27). The molecule has 2 aromatic carbocycles. The summed E-state index contributed by atoms with van der Waals surface area (Å²) < 4.78 is 5.46. The number of aryl methyl sites for hydroxylation is 1. The van der Waals surface area contributed by atoms with Crippen LogP contribution in [0.15, 0.2) is 57.7 Å². The first-order valence-corrected chi connectivity index (χ1v) is 9.61. The fourth-order valence-corrected chi connectivity index (χ4v) is 3.27. The summed E-state index contributed by atoms with van der Waals surface area (Å²) in [5.41, 5.74) is 3.88. The SMILES string of the molecule is Cc1ccccc1-c1cc(=O)oc2cc(N(C)CC(=O)NCCN(C)C)ccc12. The van der Waals surface area contributed by atoms with Crippen molar-refractivity contribution in [2.45, 2.75) is 6.92 Å². The van der Waals surface area contributed by atoms with Gasteiger partial charge in [-0.3, -0.25) is 4.79 Å². The minimum Gasteiger partial charge on any atom is -0.423 e. The van der Waals surface area contributed by atoms with Crippen molar-refractivity contribution in [3.63, 3.8) is 0 Å². The second-order valence-corrected chi connectivity index (χ2v) is 7.48. The molecule has 0 aliphatic rings. The van der Waals surface area contributed by atoms with E-state index in [4.69, 9.17) is 4.42 Å². The van der Waals surface area contributed by atoms with Crippen molar-refractivity contribution in [3.05, 3.63) is 64.5 Å². The Balaban J connectivity index is 1.86. The lowest BCUT2D eigenvalue weighted by Crippen LogP contribution is -2.38. The Morgan fingerprint density at radius 3 is 2.52 bits per heavy atom. The molecule has 1 N–H and O–H groups in total. The van der Waals surface area contributed by atoms with E-state index < -0.39 is 5.63 Å². The summed E-state index contributed by atoms with van der Waals surface area (Å²) in [7, 11) is 5.77. The lowest BCUT2D eigenvalue weighted by Gasteiger charge is -2.20. The van der Waals surface area contributed by atoms with Crippen LogP contribution in [0.3, 0.4) is 0 Å². The number of nitrogens with one attached hydrogen (secondary N) is 1.